The Balaban J connectivity index is 1.92. The number of oxazole rings is 1. The van der Waals surface area contributed by atoms with Gasteiger partial charge in [0.05, 0.1) is 12.1 Å². The van der Waals surface area contributed by atoms with Crippen LogP contribution in [0.3, 0.4) is 0 Å². The Morgan fingerprint density at radius 2 is 1.87 bits per heavy atom. The molecule has 0 bridgehead atoms. The van der Waals surface area contributed by atoms with Crippen LogP contribution in [-0.4, -0.2) is 24.4 Å². The van der Waals surface area contributed by atoms with Crippen molar-refractivity contribution in [1.29, 1.82) is 0 Å². The minimum absolute atomic E-state index is 0.198. The fraction of sp³-hybridized carbons (Fsp3) is 0.176. The van der Waals surface area contributed by atoms with Gasteiger partial charge in [-0.05, 0) is 36.4 Å². The van der Waals surface area contributed by atoms with Crippen LogP contribution in [0.1, 0.15) is 10.4 Å². The number of carbonyl (C=O) groups is 1. The maximum absolute atomic E-state index is 13.4. The van der Waals surface area contributed by atoms with Crippen LogP contribution in [0.2, 0.25) is 0 Å². The fourth-order valence-electron chi connectivity index (χ4n) is 2.37. The smallest absolute Gasteiger partial charge is 0.408 e. The standard InChI is InChI=1S/C17H15FN2O3/c1-19(2)13-6-3-11(4-7-13)15(21)10-20-14-9-12(18)5-8-16(14)23-17(20)22/h3-9H,10H2,1-2H3. The Morgan fingerprint density at radius 1 is 1.17 bits per heavy atom. The summed E-state index contributed by atoms with van der Waals surface area (Å²) in [5.41, 5.74) is 1.98. The third-order valence-corrected chi connectivity index (χ3v) is 3.64. The van der Waals surface area contributed by atoms with Crippen LogP contribution in [0.4, 0.5) is 10.1 Å². The maximum Gasteiger partial charge on any atom is 0.420 e. The van der Waals surface area contributed by atoms with E-state index in [1.165, 1.54) is 18.2 Å². The first-order chi connectivity index (χ1) is 11.0. The van der Waals surface area contributed by atoms with E-state index in [9.17, 15) is 14.0 Å². The summed E-state index contributed by atoms with van der Waals surface area (Å²) >= 11 is 0. The molecule has 0 spiro atoms. The predicted octanol–water partition coefficient (Wildman–Crippen LogP) is 2.68. The van der Waals surface area contributed by atoms with Gasteiger partial charge in [-0.25, -0.2) is 9.18 Å². The van der Waals surface area contributed by atoms with Gasteiger partial charge in [-0.3, -0.25) is 9.36 Å². The second-order valence-corrected chi connectivity index (χ2v) is 5.43. The second kappa shape index (κ2) is 5.72. The van der Waals surface area contributed by atoms with E-state index in [-0.39, 0.29) is 23.4 Å². The molecule has 0 N–H and O–H groups in total. The molecule has 3 aromatic rings. The molecule has 0 aliphatic carbocycles. The number of aromatic nitrogens is 1. The minimum Gasteiger partial charge on any atom is -0.408 e. The van der Waals surface area contributed by atoms with Gasteiger partial charge < -0.3 is 9.32 Å². The van der Waals surface area contributed by atoms with Gasteiger partial charge >= 0.3 is 5.76 Å². The van der Waals surface area contributed by atoms with Gasteiger partial charge in [0.25, 0.3) is 0 Å². The average molecular weight is 314 g/mol. The lowest BCUT2D eigenvalue weighted by Crippen LogP contribution is -2.20. The lowest BCUT2D eigenvalue weighted by Gasteiger charge is -2.12. The first kappa shape index (κ1) is 15.0. The molecule has 0 aliphatic heterocycles. The van der Waals surface area contributed by atoms with Gasteiger partial charge in [0.15, 0.2) is 11.4 Å². The molecule has 3 rings (SSSR count). The minimum atomic E-state index is -0.677. The number of ketones is 1. The molecule has 1 heterocycles. The molecule has 118 valence electrons. The van der Waals surface area contributed by atoms with Gasteiger partial charge in [0, 0.05) is 31.4 Å². The van der Waals surface area contributed by atoms with Crippen molar-refractivity contribution in [1.82, 2.24) is 4.57 Å². The summed E-state index contributed by atoms with van der Waals surface area (Å²) in [6.45, 7) is -0.198. The third-order valence-electron chi connectivity index (χ3n) is 3.64. The van der Waals surface area contributed by atoms with E-state index in [0.717, 1.165) is 10.3 Å². The number of halogens is 1. The monoisotopic (exact) mass is 314 g/mol. The number of Topliss-reactive ketones (excluding diaryl/α,β-unsaturated/α-hetero) is 1. The summed E-state index contributed by atoms with van der Waals surface area (Å²) in [6, 6.07) is 10.8. The summed E-state index contributed by atoms with van der Waals surface area (Å²) in [5.74, 6) is -1.41. The highest BCUT2D eigenvalue weighted by molar-refractivity contribution is 5.96. The number of anilines is 1. The van der Waals surface area contributed by atoms with E-state index in [4.69, 9.17) is 4.42 Å². The van der Waals surface area contributed by atoms with Crippen molar-refractivity contribution in [2.24, 2.45) is 0 Å². The second-order valence-electron chi connectivity index (χ2n) is 5.43. The fourth-order valence-corrected chi connectivity index (χ4v) is 2.37. The van der Waals surface area contributed by atoms with Crippen molar-refractivity contribution in [3.8, 4) is 0 Å². The SMILES string of the molecule is CN(C)c1ccc(C(=O)Cn2c(=O)oc3ccc(F)cc32)cc1. The molecule has 0 saturated carbocycles. The number of nitrogens with zero attached hydrogens (tertiary/aromatic N) is 2. The van der Waals surface area contributed by atoms with Gasteiger partial charge in [-0.15, -0.1) is 0 Å². The summed E-state index contributed by atoms with van der Waals surface area (Å²) in [4.78, 5) is 26.2. The zero-order chi connectivity index (χ0) is 16.6. The van der Waals surface area contributed by atoms with Crippen LogP contribution in [0.5, 0.6) is 0 Å². The topological polar surface area (TPSA) is 55.5 Å². The van der Waals surface area contributed by atoms with Gasteiger partial charge in [0.1, 0.15) is 5.82 Å². The van der Waals surface area contributed by atoms with Crippen molar-refractivity contribution in [2.45, 2.75) is 6.54 Å². The first-order valence-corrected chi connectivity index (χ1v) is 7.05. The Morgan fingerprint density at radius 3 is 2.52 bits per heavy atom. The van der Waals surface area contributed by atoms with E-state index in [1.807, 2.05) is 31.1 Å². The molecule has 6 heteroatoms. The van der Waals surface area contributed by atoms with Crippen LogP contribution < -0.4 is 10.7 Å². The quantitative estimate of drug-likeness (QED) is 0.695. The highest BCUT2D eigenvalue weighted by atomic mass is 19.1. The molecule has 0 amide bonds. The highest BCUT2D eigenvalue weighted by Gasteiger charge is 2.14. The number of hydrogen-bond acceptors (Lipinski definition) is 4. The van der Waals surface area contributed by atoms with E-state index < -0.39 is 11.6 Å². The van der Waals surface area contributed by atoms with Gasteiger partial charge in [-0.1, -0.05) is 0 Å². The molecule has 23 heavy (non-hydrogen) atoms. The largest absolute Gasteiger partial charge is 0.420 e. The average Bonchev–Trinajstić information content (AvgIpc) is 2.83. The normalized spacial score (nSPS) is 10.9. The molecule has 2 aromatic carbocycles. The molecule has 0 fully saturated rings. The third kappa shape index (κ3) is 2.88. The Bertz CT molecular complexity index is 923. The van der Waals surface area contributed by atoms with Crippen LogP contribution in [0.15, 0.2) is 51.7 Å². The zero-order valence-corrected chi connectivity index (χ0v) is 12.7. The van der Waals surface area contributed by atoms with Crippen molar-refractivity contribution in [3.05, 3.63) is 64.4 Å². The predicted molar refractivity (Wildman–Crippen MR) is 85.5 cm³/mol. The number of hydrogen-bond donors (Lipinski definition) is 0. The zero-order valence-electron chi connectivity index (χ0n) is 12.7. The molecule has 0 saturated heterocycles. The maximum atomic E-state index is 13.4. The van der Waals surface area contributed by atoms with Crippen LogP contribution in [0.25, 0.3) is 11.1 Å². The molecular weight excluding hydrogens is 299 g/mol. The number of fused-ring (bicyclic) bond motifs is 1. The summed E-state index contributed by atoms with van der Waals surface area (Å²) in [5, 5.41) is 0. The van der Waals surface area contributed by atoms with Crippen molar-refractivity contribution >= 4 is 22.6 Å². The van der Waals surface area contributed by atoms with E-state index in [1.54, 1.807) is 12.1 Å². The van der Waals surface area contributed by atoms with Crippen molar-refractivity contribution in [2.75, 3.05) is 19.0 Å². The lowest BCUT2D eigenvalue weighted by molar-refractivity contribution is 0.0970. The van der Waals surface area contributed by atoms with E-state index in [0.29, 0.717) is 5.56 Å². The molecule has 0 atom stereocenters. The van der Waals surface area contributed by atoms with Crippen LogP contribution in [0, 0.1) is 5.82 Å². The molecule has 0 aliphatic rings. The number of rotatable bonds is 4. The summed E-state index contributed by atoms with van der Waals surface area (Å²) in [7, 11) is 3.81. The lowest BCUT2D eigenvalue weighted by atomic mass is 10.1. The van der Waals surface area contributed by atoms with E-state index >= 15 is 0 Å². The molecule has 0 unspecified atom stereocenters. The van der Waals surface area contributed by atoms with E-state index in [2.05, 4.69) is 0 Å². The summed E-state index contributed by atoms with van der Waals surface area (Å²) in [6.07, 6.45) is 0. The molecule has 0 radical (unpaired) electrons. The van der Waals surface area contributed by atoms with Crippen molar-refractivity contribution < 1.29 is 13.6 Å². The number of carbonyl (C=O) groups excluding carboxylic acids is 1. The van der Waals surface area contributed by atoms with Crippen LogP contribution >= 0.6 is 0 Å². The highest BCUT2D eigenvalue weighted by Crippen LogP contribution is 2.16. The Labute approximate surface area is 131 Å². The van der Waals surface area contributed by atoms with Gasteiger partial charge in [-0.2, -0.15) is 0 Å². The number of benzene rings is 2. The molecular formula is C17H15FN2O3. The molecule has 5 nitrogen and oxygen atoms in total. The Kier molecular flexibility index (Phi) is 3.73. The Hall–Kier alpha value is -2.89. The van der Waals surface area contributed by atoms with Crippen LogP contribution in [-0.2, 0) is 6.54 Å². The first-order valence-electron chi connectivity index (χ1n) is 7.05. The molecule has 1 aromatic heterocycles. The summed E-state index contributed by atoms with van der Waals surface area (Å²) < 4.78 is 19.5. The van der Waals surface area contributed by atoms with Gasteiger partial charge in [0.2, 0.25) is 0 Å². The van der Waals surface area contributed by atoms with Crippen molar-refractivity contribution in [3.63, 3.8) is 0 Å².